The fraction of sp³-hybridized carbons (Fsp3) is 0.255. The minimum absolute atomic E-state index is 0.0749. The zero-order valence-corrected chi connectivity index (χ0v) is 33.1. The van der Waals surface area contributed by atoms with Gasteiger partial charge in [0.15, 0.2) is 37.0 Å². The maximum absolute atomic E-state index is 13.8. The molecule has 2 N–H and O–H groups in total. The van der Waals surface area contributed by atoms with Gasteiger partial charge in [0.05, 0.1) is 33.9 Å². The van der Waals surface area contributed by atoms with Crippen molar-refractivity contribution >= 4 is 29.8 Å². The lowest BCUT2D eigenvalue weighted by Gasteiger charge is -2.47. The summed E-state index contributed by atoms with van der Waals surface area (Å²) in [5.41, 5.74) is 0.607. The molecule has 2 aliphatic rings. The van der Waals surface area contributed by atoms with E-state index in [1.54, 1.807) is 91.0 Å². The number of benzene rings is 5. The molecule has 2 saturated heterocycles. The highest BCUT2D eigenvalue weighted by molar-refractivity contribution is 5.91. The first-order chi connectivity index (χ1) is 30.1. The standard InChI is InChI=1S/C47H42O15/c1-28-36(58-42(50)30-19-9-3-10-20-30)35(48)38(60-44(52)32-23-13-5-14-24-32)47(56-28)62-39-37(59-43(51)31-21-11-4-12-22-31)34(27-55-41(49)29-17-7-2-8-18-29)57-46(54)40(39)61-45(53)33-25-15-6-16-26-33/h2-26,28,34-40,46-48,54H,27H2,1H3/t28-,34+,35+,36+,37+,38+,39-,40+,46-,47-/m0/s1. The molecule has 62 heavy (non-hydrogen) atoms. The van der Waals surface area contributed by atoms with Crippen LogP contribution in [0, 0.1) is 0 Å². The highest BCUT2D eigenvalue weighted by Crippen LogP contribution is 2.35. The fourth-order valence-electron chi connectivity index (χ4n) is 6.88. The van der Waals surface area contributed by atoms with Crippen molar-refractivity contribution in [2.45, 2.75) is 68.3 Å². The van der Waals surface area contributed by atoms with E-state index in [1.807, 2.05) is 0 Å². The quantitative estimate of drug-likeness (QED) is 0.119. The van der Waals surface area contributed by atoms with Crippen LogP contribution in [0.3, 0.4) is 0 Å². The highest BCUT2D eigenvalue weighted by Gasteiger charge is 2.56. The van der Waals surface area contributed by atoms with E-state index in [0.717, 1.165) is 0 Å². The third kappa shape index (κ3) is 10.4. The molecule has 5 aromatic carbocycles. The molecule has 10 atom stereocenters. The first kappa shape index (κ1) is 43.3. The van der Waals surface area contributed by atoms with Crippen LogP contribution in [0.25, 0.3) is 0 Å². The molecule has 2 heterocycles. The Bertz CT molecular complexity index is 2230. The highest BCUT2D eigenvalue weighted by atomic mass is 16.8. The van der Waals surface area contributed by atoms with Gasteiger partial charge in [-0.05, 0) is 67.6 Å². The summed E-state index contributed by atoms with van der Waals surface area (Å²) in [4.78, 5) is 67.5. The Kier molecular flexibility index (Phi) is 14.1. The monoisotopic (exact) mass is 846 g/mol. The topological polar surface area (TPSA) is 200 Å². The van der Waals surface area contributed by atoms with Crippen LogP contribution in [0.5, 0.6) is 0 Å². The van der Waals surface area contributed by atoms with Gasteiger partial charge in [0.2, 0.25) is 0 Å². The molecule has 0 radical (unpaired) electrons. The van der Waals surface area contributed by atoms with E-state index in [0.29, 0.717) is 0 Å². The predicted octanol–water partition coefficient (Wildman–Crippen LogP) is 4.95. The minimum Gasteiger partial charge on any atom is -0.459 e. The molecule has 0 aliphatic carbocycles. The van der Waals surface area contributed by atoms with Crippen molar-refractivity contribution in [3.63, 3.8) is 0 Å². The van der Waals surface area contributed by atoms with Gasteiger partial charge in [0.25, 0.3) is 0 Å². The number of carbonyl (C=O) groups excluding carboxylic acids is 5. The molecule has 2 fully saturated rings. The molecule has 5 aromatic rings. The summed E-state index contributed by atoms with van der Waals surface area (Å²) in [6, 6.07) is 39.4. The second-order valence-corrected chi connectivity index (χ2v) is 14.3. The van der Waals surface area contributed by atoms with Crippen LogP contribution in [-0.4, -0.2) is 108 Å². The maximum Gasteiger partial charge on any atom is 0.338 e. The van der Waals surface area contributed by atoms with E-state index in [1.165, 1.54) is 67.6 Å². The normalized spacial score (nSPS) is 25.7. The first-order valence-electron chi connectivity index (χ1n) is 19.7. The lowest BCUT2D eigenvalue weighted by molar-refractivity contribution is -0.349. The Hall–Kier alpha value is -6.75. The summed E-state index contributed by atoms with van der Waals surface area (Å²) in [5, 5.41) is 23.6. The van der Waals surface area contributed by atoms with Gasteiger partial charge in [-0.15, -0.1) is 0 Å². The summed E-state index contributed by atoms with van der Waals surface area (Å²) in [6.07, 6.45) is -16.7. The van der Waals surface area contributed by atoms with Gasteiger partial charge in [-0.25, -0.2) is 24.0 Å². The zero-order chi connectivity index (χ0) is 43.6. The molecule has 0 amide bonds. The SMILES string of the molecule is C[C@@H]1O[C@@H](O[C@@H]2[C@@H](OC(=O)c3ccccc3)[C@@H](O)O[C@H](COC(=O)c3ccccc3)[C@H]2OC(=O)c2ccccc2)[C@H](OC(=O)c2ccccc2)[C@H](O)[C@@H]1OC(=O)c1ccccc1. The van der Waals surface area contributed by atoms with Crippen molar-refractivity contribution in [1.29, 1.82) is 0 Å². The van der Waals surface area contributed by atoms with Crippen LogP contribution in [0.2, 0.25) is 0 Å². The second-order valence-electron chi connectivity index (χ2n) is 14.3. The summed E-state index contributed by atoms with van der Waals surface area (Å²) < 4.78 is 47.7. The minimum atomic E-state index is -2.02. The molecule has 2 aliphatic heterocycles. The van der Waals surface area contributed by atoms with E-state index >= 15 is 0 Å². The Morgan fingerprint density at radius 3 is 1.23 bits per heavy atom. The smallest absolute Gasteiger partial charge is 0.338 e. The van der Waals surface area contributed by atoms with Crippen molar-refractivity contribution < 1.29 is 72.1 Å². The molecule has 7 rings (SSSR count). The lowest BCUT2D eigenvalue weighted by atomic mass is 9.96. The summed E-state index contributed by atoms with van der Waals surface area (Å²) in [7, 11) is 0. The molecule has 0 aromatic heterocycles. The number of rotatable bonds is 13. The van der Waals surface area contributed by atoms with Gasteiger partial charge in [-0.2, -0.15) is 0 Å². The number of hydrogen-bond acceptors (Lipinski definition) is 15. The van der Waals surface area contributed by atoms with Crippen molar-refractivity contribution in [3.05, 3.63) is 179 Å². The van der Waals surface area contributed by atoms with E-state index in [-0.39, 0.29) is 27.8 Å². The Morgan fingerprint density at radius 1 is 0.452 bits per heavy atom. The molecule has 320 valence electrons. The van der Waals surface area contributed by atoms with Crippen LogP contribution in [0.1, 0.15) is 58.7 Å². The summed E-state index contributed by atoms with van der Waals surface area (Å²) >= 11 is 0. The number of aliphatic hydroxyl groups excluding tert-OH is 2. The lowest BCUT2D eigenvalue weighted by Crippen LogP contribution is -2.66. The van der Waals surface area contributed by atoms with Gasteiger partial charge in [0.1, 0.15) is 24.9 Å². The molecular weight excluding hydrogens is 805 g/mol. The van der Waals surface area contributed by atoms with Gasteiger partial charge in [0, 0.05) is 0 Å². The van der Waals surface area contributed by atoms with Gasteiger partial charge < -0.3 is 48.1 Å². The second kappa shape index (κ2) is 20.2. The zero-order valence-electron chi connectivity index (χ0n) is 33.1. The summed E-state index contributed by atoms with van der Waals surface area (Å²) in [6.45, 7) is 0.855. The van der Waals surface area contributed by atoms with Gasteiger partial charge in [-0.1, -0.05) is 91.0 Å². The third-order valence-electron chi connectivity index (χ3n) is 10.1. The maximum atomic E-state index is 13.8. The Balaban J connectivity index is 1.26. The largest absolute Gasteiger partial charge is 0.459 e. The molecule has 0 saturated carbocycles. The predicted molar refractivity (Wildman–Crippen MR) is 215 cm³/mol. The Morgan fingerprint density at radius 2 is 0.806 bits per heavy atom. The average molecular weight is 847 g/mol. The van der Waals surface area contributed by atoms with Crippen molar-refractivity contribution in [2.24, 2.45) is 0 Å². The molecule has 0 spiro atoms. The summed E-state index contributed by atoms with van der Waals surface area (Å²) in [5.74, 6) is -4.35. The van der Waals surface area contributed by atoms with Gasteiger partial charge in [-0.3, -0.25) is 0 Å². The van der Waals surface area contributed by atoms with Crippen LogP contribution in [0.4, 0.5) is 0 Å². The van der Waals surface area contributed by atoms with E-state index in [4.69, 9.17) is 37.9 Å². The third-order valence-corrected chi connectivity index (χ3v) is 10.1. The molecule has 0 unspecified atom stereocenters. The average Bonchev–Trinajstić information content (AvgIpc) is 3.31. The number of aliphatic hydroxyl groups is 2. The van der Waals surface area contributed by atoms with Crippen molar-refractivity contribution in [2.75, 3.05) is 6.61 Å². The van der Waals surface area contributed by atoms with Crippen LogP contribution in [-0.2, 0) is 37.9 Å². The van der Waals surface area contributed by atoms with E-state index in [9.17, 15) is 34.2 Å². The number of esters is 5. The molecular formula is C47H42O15. The molecule has 15 nitrogen and oxygen atoms in total. The fourth-order valence-corrected chi connectivity index (χ4v) is 6.88. The van der Waals surface area contributed by atoms with Crippen LogP contribution in [0.15, 0.2) is 152 Å². The van der Waals surface area contributed by atoms with E-state index in [2.05, 4.69) is 0 Å². The van der Waals surface area contributed by atoms with Crippen molar-refractivity contribution in [3.8, 4) is 0 Å². The van der Waals surface area contributed by atoms with E-state index < -0.39 is 97.9 Å². The van der Waals surface area contributed by atoms with Crippen LogP contribution < -0.4 is 0 Å². The molecule has 0 bridgehead atoms. The first-order valence-corrected chi connectivity index (χ1v) is 19.7. The number of ether oxygens (including phenoxy) is 8. The van der Waals surface area contributed by atoms with Crippen molar-refractivity contribution in [1.82, 2.24) is 0 Å². The van der Waals surface area contributed by atoms with Crippen LogP contribution >= 0.6 is 0 Å². The number of carbonyl (C=O) groups is 5. The molecule has 15 heteroatoms. The Labute approximate surface area is 355 Å². The number of hydrogen-bond donors (Lipinski definition) is 2. The van der Waals surface area contributed by atoms with Gasteiger partial charge >= 0.3 is 29.8 Å².